The third kappa shape index (κ3) is 4.26. The van der Waals surface area contributed by atoms with Crippen molar-refractivity contribution in [3.8, 4) is 10.6 Å². The zero-order valence-corrected chi connectivity index (χ0v) is 20.7. The van der Waals surface area contributed by atoms with Crippen molar-refractivity contribution in [2.24, 2.45) is 11.8 Å². The molecule has 1 saturated carbocycles. The number of hydrogen-bond donors (Lipinski definition) is 1. The number of rotatable bonds is 3. The lowest BCUT2D eigenvalue weighted by Crippen LogP contribution is -2.52. The average molecular weight is 529 g/mol. The summed E-state index contributed by atoms with van der Waals surface area (Å²) in [5.41, 5.74) is 2.46. The molecule has 2 aliphatic heterocycles. The van der Waals surface area contributed by atoms with Crippen molar-refractivity contribution in [2.75, 3.05) is 44.3 Å². The van der Waals surface area contributed by atoms with Gasteiger partial charge >= 0.3 is 6.18 Å². The number of morpholine rings is 1. The van der Waals surface area contributed by atoms with Crippen LogP contribution < -0.4 is 9.62 Å². The number of aromatic nitrogens is 1. The second kappa shape index (κ2) is 8.41. The van der Waals surface area contributed by atoms with E-state index in [4.69, 9.17) is 4.74 Å². The molecule has 0 amide bonds. The molecule has 2 bridgehead atoms. The maximum Gasteiger partial charge on any atom is 0.402 e. The van der Waals surface area contributed by atoms with E-state index in [9.17, 15) is 21.6 Å². The van der Waals surface area contributed by atoms with Gasteiger partial charge in [-0.05, 0) is 54.7 Å². The number of fused-ring (bicyclic) bond motifs is 1. The second-order valence-electron chi connectivity index (χ2n) is 10.00. The number of benzene rings is 1. The van der Waals surface area contributed by atoms with E-state index in [0.717, 1.165) is 52.6 Å². The molecule has 2 saturated heterocycles. The van der Waals surface area contributed by atoms with Crippen LogP contribution in [-0.4, -0.2) is 68.8 Å². The average Bonchev–Trinajstić information content (AvgIpc) is 3.43. The lowest BCUT2D eigenvalue weighted by molar-refractivity contribution is -0.136. The summed E-state index contributed by atoms with van der Waals surface area (Å²) in [6, 6.07) is 6.29. The molecule has 190 valence electrons. The van der Waals surface area contributed by atoms with Crippen molar-refractivity contribution in [2.45, 2.75) is 37.4 Å². The number of hydrogen-bond acceptors (Lipinski definition) is 6. The molecule has 7 nitrogen and oxygen atoms in total. The summed E-state index contributed by atoms with van der Waals surface area (Å²) < 4.78 is 73.4. The number of thiazole rings is 1. The Kier molecular flexibility index (Phi) is 5.68. The number of nitrogens with zero attached hydrogens (tertiary/aromatic N) is 3. The van der Waals surface area contributed by atoms with E-state index in [1.165, 1.54) is 0 Å². The number of anilines is 1. The summed E-state index contributed by atoms with van der Waals surface area (Å²) in [6.45, 7) is 1.54. The van der Waals surface area contributed by atoms with Gasteiger partial charge in [-0.15, -0.1) is 0 Å². The molecular weight excluding hydrogens is 501 g/mol. The fraction of sp³-hybridized carbons (Fsp3) is 0.609. The molecule has 12 heteroatoms. The van der Waals surface area contributed by atoms with E-state index in [-0.39, 0.29) is 18.4 Å². The molecule has 0 unspecified atom stereocenters. The second-order valence-corrected chi connectivity index (χ2v) is 12.7. The molecule has 1 spiro atoms. The number of ether oxygens (including phenoxy) is 1. The number of halogens is 3. The highest BCUT2D eigenvalue weighted by molar-refractivity contribution is 7.87. The molecule has 3 heterocycles. The highest BCUT2D eigenvalue weighted by Crippen LogP contribution is 2.51. The molecule has 1 aromatic carbocycles. The molecule has 1 N–H and O–H groups in total. The predicted molar refractivity (Wildman–Crippen MR) is 127 cm³/mol. The maximum absolute atomic E-state index is 13.1. The summed E-state index contributed by atoms with van der Waals surface area (Å²) >= 11 is 1.64. The zero-order chi connectivity index (χ0) is 24.4. The predicted octanol–water partition coefficient (Wildman–Crippen LogP) is 3.22. The molecule has 35 heavy (non-hydrogen) atoms. The minimum atomic E-state index is -4.57. The molecule has 1 aromatic heterocycles. The minimum Gasteiger partial charge on any atom is -0.378 e. The fourth-order valence-corrected chi connectivity index (χ4v) is 8.98. The Morgan fingerprint density at radius 1 is 1.14 bits per heavy atom. The van der Waals surface area contributed by atoms with E-state index >= 15 is 0 Å². The van der Waals surface area contributed by atoms with Crippen molar-refractivity contribution in [1.29, 1.82) is 0 Å². The van der Waals surface area contributed by atoms with Crippen molar-refractivity contribution < 1.29 is 26.3 Å². The van der Waals surface area contributed by atoms with Crippen LogP contribution in [0, 0.1) is 11.8 Å². The molecule has 0 radical (unpaired) electrons. The zero-order valence-electron chi connectivity index (χ0n) is 19.1. The van der Waals surface area contributed by atoms with E-state index in [2.05, 4.69) is 32.8 Å². The van der Waals surface area contributed by atoms with E-state index in [1.807, 2.05) is 6.20 Å². The Bertz CT molecular complexity index is 1230. The van der Waals surface area contributed by atoms with Gasteiger partial charge in [-0.3, -0.25) is 0 Å². The Morgan fingerprint density at radius 2 is 1.86 bits per heavy atom. The van der Waals surface area contributed by atoms with Crippen molar-refractivity contribution in [3.63, 3.8) is 0 Å². The molecule has 2 aromatic rings. The monoisotopic (exact) mass is 528 g/mol. The normalized spacial score (nSPS) is 30.5. The van der Waals surface area contributed by atoms with Gasteiger partial charge in [0.05, 0.1) is 24.9 Å². The van der Waals surface area contributed by atoms with E-state index in [1.54, 1.807) is 11.3 Å². The highest BCUT2D eigenvalue weighted by Gasteiger charge is 2.60. The van der Waals surface area contributed by atoms with Crippen molar-refractivity contribution in [3.05, 3.63) is 35.5 Å². The van der Waals surface area contributed by atoms with Crippen LogP contribution in [0.3, 0.4) is 0 Å². The van der Waals surface area contributed by atoms with Gasteiger partial charge in [-0.2, -0.15) is 30.6 Å². The Morgan fingerprint density at radius 3 is 2.57 bits per heavy atom. The summed E-state index contributed by atoms with van der Waals surface area (Å²) in [7, 11) is -4.18. The first kappa shape index (κ1) is 23.7. The smallest absolute Gasteiger partial charge is 0.378 e. The first-order valence-electron chi connectivity index (χ1n) is 11.9. The lowest BCUT2D eigenvalue weighted by atomic mass is 9.79. The maximum atomic E-state index is 13.1. The first-order chi connectivity index (χ1) is 16.6. The molecule has 3 atom stereocenters. The van der Waals surface area contributed by atoms with Crippen molar-refractivity contribution in [1.82, 2.24) is 14.0 Å². The Labute approximate surface area is 206 Å². The topological polar surface area (TPSA) is 74.8 Å². The van der Waals surface area contributed by atoms with Gasteiger partial charge in [-0.1, -0.05) is 23.5 Å². The SMILES string of the molecule is O=S1(=O)N[C@@]2(CN1CC(F)(F)F)[C@@H]1CC[C@H]2Cc2ccc(-c3ncc(N4CCOCC4)s3)cc2C1. The summed E-state index contributed by atoms with van der Waals surface area (Å²) in [5.74, 6) is -0.0717. The van der Waals surface area contributed by atoms with Crippen molar-refractivity contribution >= 4 is 26.5 Å². The van der Waals surface area contributed by atoms with Crippen LogP contribution in [0.1, 0.15) is 24.0 Å². The molecule has 6 rings (SSSR count). The van der Waals surface area contributed by atoms with Crippen LogP contribution in [0.25, 0.3) is 10.6 Å². The van der Waals surface area contributed by atoms with E-state index in [0.29, 0.717) is 30.4 Å². The van der Waals surface area contributed by atoms with Crippen LogP contribution in [-0.2, 0) is 27.8 Å². The summed E-state index contributed by atoms with van der Waals surface area (Å²) in [5, 5.41) is 2.04. The van der Waals surface area contributed by atoms with Crippen LogP contribution >= 0.6 is 11.3 Å². The lowest BCUT2D eigenvalue weighted by Gasteiger charge is -2.33. The molecule has 4 aliphatic rings. The van der Waals surface area contributed by atoms with Crippen LogP contribution in [0.2, 0.25) is 0 Å². The van der Waals surface area contributed by atoms with Gasteiger partial charge in [0, 0.05) is 25.2 Å². The highest BCUT2D eigenvalue weighted by atomic mass is 32.2. The van der Waals surface area contributed by atoms with Gasteiger partial charge in [0.15, 0.2) is 0 Å². The van der Waals surface area contributed by atoms with Crippen LogP contribution in [0.5, 0.6) is 0 Å². The van der Waals surface area contributed by atoms with Gasteiger partial charge in [-0.25, -0.2) is 4.98 Å². The molecular formula is C23H27F3N4O3S2. The first-order valence-corrected chi connectivity index (χ1v) is 14.2. The molecule has 3 fully saturated rings. The number of alkyl halides is 3. The Balaban J connectivity index is 1.27. The third-order valence-corrected chi connectivity index (χ3v) is 10.7. The molecule has 2 aliphatic carbocycles. The van der Waals surface area contributed by atoms with Crippen LogP contribution in [0.15, 0.2) is 24.4 Å². The van der Waals surface area contributed by atoms with Gasteiger partial charge in [0.1, 0.15) is 16.6 Å². The van der Waals surface area contributed by atoms with Gasteiger partial charge in [0.2, 0.25) is 0 Å². The van der Waals surface area contributed by atoms with Gasteiger partial charge < -0.3 is 9.64 Å². The van der Waals surface area contributed by atoms with Crippen LogP contribution in [0.4, 0.5) is 18.2 Å². The quantitative estimate of drug-likeness (QED) is 0.662. The Hall–Kier alpha value is -1.73. The largest absolute Gasteiger partial charge is 0.402 e. The summed E-state index contributed by atoms with van der Waals surface area (Å²) in [4.78, 5) is 6.92. The standard InChI is InChI=1S/C23H27F3N4O3S2/c24-23(25,26)14-30-13-22(28-35(30,31)32)18-3-4-19(22)11-17-9-16(2-1-15(17)10-18)21-27-12-20(34-21)29-5-7-33-8-6-29/h1-2,9,12,18-19,28H,3-8,10-11,13-14H2/t18-,19+,22+/m0/s1. The fourth-order valence-electron chi connectivity index (χ4n) is 6.31. The van der Waals surface area contributed by atoms with E-state index < -0.39 is 28.5 Å². The third-order valence-electron chi connectivity index (χ3n) is 7.98. The minimum absolute atomic E-state index is 0.0274. The number of nitrogens with one attached hydrogen (secondary N) is 1. The van der Waals surface area contributed by atoms with Gasteiger partial charge in [0.25, 0.3) is 10.2 Å². The summed E-state index contributed by atoms with van der Waals surface area (Å²) in [6.07, 6.45) is 0.236.